The quantitative estimate of drug-likeness (QED) is 0.747. The van der Waals surface area contributed by atoms with Crippen LogP contribution in [-0.4, -0.2) is 17.3 Å². The fourth-order valence-corrected chi connectivity index (χ4v) is 2.14. The molecule has 0 saturated carbocycles. The molecule has 0 aliphatic heterocycles. The molecule has 0 aliphatic carbocycles. The highest BCUT2D eigenvalue weighted by atomic mass is 35.5. The molecule has 0 atom stereocenters. The molecule has 0 fully saturated rings. The van der Waals surface area contributed by atoms with Gasteiger partial charge in [-0.3, -0.25) is 0 Å². The predicted octanol–water partition coefficient (Wildman–Crippen LogP) is 3.65. The van der Waals surface area contributed by atoms with E-state index in [1.165, 1.54) is 0 Å². The van der Waals surface area contributed by atoms with Gasteiger partial charge >= 0.3 is 0 Å². The minimum Gasteiger partial charge on any atom is -0.495 e. The number of anilines is 1. The lowest BCUT2D eigenvalue weighted by atomic mass is 10.2. The second-order valence-electron chi connectivity index (χ2n) is 4.39. The highest BCUT2D eigenvalue weighted by Gasteiger charge is 2.12. The fraction of sp³-hybridized carbons (Fsp3) is 0.0667. The second kappa shape index (κ2) is 5.46. The van der Waals surface area contributed by atoms with E-state index >= 15 is 0 Å². The van der Waals surface area contributed by atoms with Crippen LogP contribution in [0.1, 0.15) is 0 Å². The zero-order valence-electron chi connectivity index (χ0n) is 11.2. The highest BCUT2D eigenvalue weighted by molar-refractivity contribution is 6.30. The van der Waals surface area contributed by atoms with E-state index in [4.69, 9.17) is 26.6 Å². The summed E-state index contributed by atoms with van der Waals surface area (Å²) in [5, 5.41) is 4.58. The van der Waals surface area contributed by atoms with E-state index in [2.05, 4.69) is 10.1 Å². The van der Waals surface area contributed by atoms with Gasteiger partial charge in [0.05, 0.1) is 12.8 Å². The highest BCUT2D eigenvalue weighted by Crippen LogP contribution is 2.29. The van der Waals surface area contributed by atoms with Gasteiger partial charge in [0.1, 0.15) is 5.75 Å². The van der Waals surface area contributed by atoms with Crippen LogP contribution in [0.5, 0.6) is 5.75 Å². The Morgan fingerprint density at radius 1 is 1.14 bits per heavy atom. The van der Waals surface area contributed by atoms with Crippen molar-refractivity contribution in [2.24, 2.45) is 0 Å². The Hall–Kier alpha value is -2.53. The maximum atomic E-state index is 5.96. The molecule has 0 spiro atoms. The van der Waals surface area contributed by atoms with Crippen molar-refractivity contribution < 1.29 is 9.26 Å². The third kappa shape index (κ3) is 2.68. The molecule has 3 aromatic rings. The zero-order chi connectivity index (χ0) is 14.8. The molecule has 0 amide bonds. The van der Waals surface area contributed by atoms with Crippen molar-refractivity contribution in [2.45, 2.75) is 0 Å². The SMILES string of the molecule is COc1ccc(-c2nc(-c3cccc(Cl)c3)no2)cc1N. The Bertz CT molecular complexity index is 786. The summed E-state index contributed by atoms with van der Waals surface area (Å²) in [5.74, 6) is 1.47. The van der Waals surface area contributed by atoms with Crippen molar-refractivity contribution >= 4 is 17.3 Å². The summed E-state index contributed by atoms with van der Waals surface area (Å²) in [6, 6.07) is 12.6. The molecular weight excluding hydrogens is 290 g/mol. The van der Waals surface area contributed by atoms with Gasteiger partial charge in [0, 0.05) is 16.1 Å². The average molecular weight is 302 g/mol. The Kier molecular flexibility index (Phi) is 3.50. The lowest BCUT2D eigenvalue weighted by Gasteiger charge is -2.04. The number of halogens is 1. The summed E-state index contributed by atoms with van der Waals surface area (Å²) in [7, 11) is 1.56. The maximum absolute atomic E-state index is 5.96. The topological polar surface area (TPSA) is 74.2 Å². The molecule has 2 N–H and O–H groups in total. The zero-order valence-corrected chi connectivity index (χ0v) is 12.0. The molecular formula is C15H12ClN3O2. The Balaban J connectivity index is 1.96. The molecule has 1 heterocycles. The van der Waals surface area contributed by atoms with Crippen molar-refractivity contribution in [3.63, 3.8) is 0 Å². The van der Waals surface area contributed by atoms with Gasteiger partial charge in [0.25, 0.3) is 5.89 Å². The first-order valence-corrected chi connectivity index (χ1v) is 6.58. The largest absolute Gasteiger partial charge is 0.495 e. The average Bonchev–Trinajstić information content (AvgIpc) is 2.97. The molecule has 21 heavy (non-hydrogen) atoms. The van der Waals surface area contributed by atoms with Crippen LogP contribution in [0.15, 0.2) is 47.0 Å². The van der Waals surface area contributed by atoms with E-state index in [9.17, 15) is 0 Å². The normalized spacial score (nSPS) is 10.6. The third-order valence-electron chi connectivity index (χ3n) is 2.99. The first kappa shape index (κ1) is 13.5. The van der Waals surface area contributed by atoms with Crippen molar-refractivity contribution in [2.75, 3.05) is 12.8 Å². The van der Waals surface area contributed by atoms with Gasteiger partial charge in [-0.05, 0) is 30.3 Å². The Labute approximate surface area is 126 Å². The number of ether oxygens (including phenoxy) is 1. The maximum Gasteiger partial charge on any atom is 0.258 e. The van der Waals surface area contributed by atoms with Crippen molar-refractivity contribution in [3.05, 3.63) is 47.5 Å². The second-order valence-corrected chi connectivity index (χ2v) is 4.83. The van der Waals surface area contributed by atoms with Gasteiger partial charge < -0.3 is 15.0 Å². The summed E-state index contributed by atoms with van der Waals surface area (Å²) >= 11 is 5.96. The molecule has 3 rings (SSSR count). The fourth-order valence-electron chi connectivity index (χ4n) is 1.95. The molecule has 2 aromatic carbocycles. The number of nitrogen functional groups attached to an aromatic ring is 1. The smallest absolute Gasteiger partial charge is 0.258 e. The van der Waals surface area contributed by atoms with Crippen LogP contribution in [0.2, 0.25) is 5.02 Å². The van der Waals surface area contributed by atoms with Gasteiger partial charge in [-0.1, -0.05) is 28.9 Å². The molecule has 0 bridgehead atoms. The minimum absolute atomic E-state index is 0.388. The molecule has 6 heteroatoms. The standard InChI is InChI=1S/C15H12ClN3O2/c1-20-13-6-5-10(8-12(13)17)15-18-14(19-21-15)9-3-2-4-11(16)7-9/h2-8H,17H2,1H3. The van der Waals surface area contributed by atoms with Gasteiger partial charge in [0.15, 0.2) is 0 Å². The Morgan fingerprint density at radius 2 is 2.00 bits per heavy atom. The van der Waals surface area contributed by atoms with Crippen LogP contribution in [0.3, 0.4) is 0 Å². The van der Waals surface area contributed by atoms with Crippen LogP contribution in [0.25, 0.3) is 22.8 Å². The number of nitrogens with two attached hydrogens (primary N) is 1. The van der Waals surface area contributed by atoms with E-state index in [0.29, 0.717) is 28.2 Å². The van der Waals surface area contributed by atoms with Gasteiger partial charge in [-0.25, -0.2) is 0 Å². The van der Waals surface area contributed by atoms with Crippen LogP contribution in [-0.2, 0) is 0 Å². The molecule has 0 saturated heterocycles. The third-order valence-corrected chi connectivity index (χ3v) is 3.22. The van der Waals surface area contributed by atoms with E-state index in [1.807, 2.05) is 18.2 Å². The number of aromatic nitrogens is 2. The van der Waals surface area contributed by atoms with E-state index in [0.717, 1.165) is 11.1 Å². The van der Waals surface area contributed by atoms with Gasteiger partial charge in [0.2, 0.25) is 5.82 Å². The lowest BCUT2D eigenvalue weighted by molar-refractivity contribution is 0.416. The first-order chi connectivity index (χ1) is 10.2. The van der Waals surface area contributed by atoms with Gasteiger partial charge in [-0.15, -0.1) is 0 Å². The predicted molar refractivity (Wildman–Crippen MR) is 81.1 cm³/mol. The molecule has 5 nitrogen and oxygen atoms in total. The van der Waals surface area contributed by atoms with Crippen molar-refractivity contribution in [3.8, 4) is 28.6 Å². The first-order valence-electron chi connectivity index (χ1n) is 6.21. The summed E-state index contributed by atoms with van der Waals surface area (Å²) < 4.78 is 10.4. The number of benzene rings is 2. The molecule has 0 radical (unpaired) electrons. The minimum atomic E-state index is 0.388. The molecule has 1 aromatic heterocycles. The summed E-state index contributed by atoms with van der Waals surface area (Å²) in [5.41, 5.74) is 7.91. The summed E-state index contributed by atoms with van der Waals surface area (Å²) in [4.78, 5) is 4.36. The van der Waals surface area contributed by atoms with E-state index in [1.54, 1.807) is 31.4 Å². The van der Waals surface area contributed by atoms with E-state index in [-0.39, 0.29) is 0 Å². The van der Waals surface area contributed by atoms with Crippen molar-refractivity contribution in [1.29, 1.82) is 0 Å². The van der Waals surface area contributed by atoms with Crippen LogP contribution < -0.4 is 10.5 Å². The number of methoxy groups -OCH3 is 1. The molecule has 106 valence electrons. The number of hydrogen-bond donors (Lipinski definition) is 1. The summed E-state index contributed by atoms with van der Waals surface area (Å²) in [6.07, 6.45) is 0. The van der Waals surface area contributed by atoms with Crippen molar-refractivity contribution in [1.82, 2.24) is 10.1 Å². The van der Waals surface area contributed by atoms with Crippen LogP contribution in [0.4, 0.5) is 5.69 Å². The molecule has 0 unspecified atom stereocenters. The number of nitrogens with zero attached hydrogens (tertiary/aromatic N) is 2. The van der Waals surface area contributed by atoms with Gasteiger partial charge in [-0.2, -0.15) is 4.98 Å². The van der Waals surface area contributed by atoms with Crippen LogP contribution >= 0.6 is 11.6 Å². The lowest BCUT2D eigenvalue weighted by Crippen LogP contribution is -1.92. The molecule has 0 aliphatic rings. The number of rotatable bonds is 3. The van der Waals surface area contributed by atoms with Crippen LogP contribution in [0, 0.1) is 0 Å². The van der Waals surface area contributed by atoms with E-state index < -0.39 is 0 Å². The monoisotopic (exact) mass is 301 g/mol. The summed E-state index contributed by atoms with van der Waals surface area (Å²) in [6.45, 7) is 0. The number of hydrogen-bond acceptors (Lipinski definition) is 5. The Morgan fingerprint density at radius 3 is 2.71 bits per heavy atom.